The van der Waals surface area contributed by atoms with E-state index in [9.17, 15) is 9.90 Å². The number of H-pyrrole nitrogens is 1. The van der Waals surface area contributed by atoms with E-state index in [0.717, 1.165) is 13.0 Å². The number of hydrogen-bond acceptors (Lipinski definition) is 3. The van der Waals surface area contributed by atoms with E-state index in [1.807, 2.05) is 11.0 Å². The molecule has 1 aliphatic rings. The van der Waals surface area contributed by atoms with E-state index < -0.39 is 0 Å². The first-order valence-corrected chi connectivity index (χ1v) is 4.83. The first-order valence-electron chi connectivity index (χ1n) is 4.83. The Morgan fingerprint density at radius 3 is 3.14 bits per heavy atom. The first-order chi connectivity index (χ1) is 6.75. The maximum absolute atomic E-state index is 11.6. The molecule has 1 fully saturated rings. The van der Waals surface area contributed by atoms with Gasteiger partial charge in [-0.1, -0.05) is 0 Å². The van der Waals surface area contributed by atoms with Crippen molar-refractivity contribution in [1.82, 2.24) is 9.88 Å². The molecule has 4 nitrogen and oxygen atoms in total. The Morgan fingerprint density at radius 1 is 1.71 bits per heavy atom. The number of ketones is 1. The van der Waals surface area contributed by atoms with Crippen LogP contribution < -0.4 is 0 Å². The van der Waals surface area contributed by atoms with Crippen LogP contribution in [-0.4, -0.2) is 46.5 Å². The van der Waals surface area contributed by atoms with Crippen LogP contribution in [0.1, 0.15) is 16.9 Å². The topological polar surface area (TPSA) is 56.3 Å². The molecule has 14 heavy (non-hydrogen) atoms. The summed E-state index contributed by atoms with van der Waals surface area (Å²) in [6.07, 6.45) is 2.26. The summed E-state index contributed by atoms with van der Waals surface area (Å²) in [5.74, 6) is 0.0871. The molecule has 0 saturated carbocycles. The van der Waals surface area contributed by atoms with Crippen LogP contribution in [0.4, 0.5) is 0 Å². The predicted molar refractivity (Wildman–Crippen MR) is 52.2 cm³/mol. The van der Waals surface area contributed by atoms with Crippen LogP contribution in [0.25, 0.3) is 0 Å². The summed E-state index contributed by atoms with van der Waals surface area (Å²) in [4.78, 5) is 16.5. The smallest absolute Gasteiger partial charge is 0.192 e. The van der Waals surface area contributed by atoms with Gasteiger partial charge in [-0.15, -0.1) is 0 Å². The van der Waals surface area contributed by atoms with Crippen molar-refractivity contribution in [3.8, 4) is 0 Å². The number of aromatic nitrogens is 1. The fourth-order valence-corrected chi connectivity index (χ4v) is 1.75. The molecule has 1 aliphatic heterocycles. The molecule has 1 atom stereocenters. The second-order valence-corrected chi connectivity index (χ2v) is 3.68. The maximum Gasteiger partial charge on any atom is 0.192 e. The Morgan fingerprint density at radius 2 is 2.57 bits per heavy atom. The highest BCUT2D eigenvalue weighted by Gasteiger charge is 2.22. The van der Waals surface area contributed by atoms with E-state index in [-0.39, 0.29) is 11.9 Å². The number of β-amino-alcohol motifs (C(OH)–C–C–N with tert-alkyl or cyclic N) is 1. The molecular weight excluding hydrogens is 180 g/mol. The molecule has 0 aliphatic carbocycles. The lowest BCUT2D eigenvalue weighted by Crippen LogP contribution is -2.28. The third-order valence-electron chi connectivity index (χ3n) is 2.51. The normalized spacial score (nSPS) is 22.8. The number of likely N-dealkylation sites (tertiary alicyclic amines) is 1. The maximum atomic E-state index is 11.6. The van der Waals surface area contributed by atoms with E-state index in [1.165, 1.54) is 0 Å². The number of nitrogens with zero attached hydrogens (tertiary/aromatic N) is 1. The lowest BCUT2D eigenvalue weighted by Gasteiger charge is -2.12. The van der Waals surface area contributed by atoms with Crippen molar-refractivity contribution < 1.29 is 9.90 Å². The van der Waals surface area contributed by atoms with Gasteiger partial charge < -0.3 is 10.1 Å². The lowest BCUT2D eigenvalue weighted by molar-refractivity contribution is 0.0930. The van der Waals surface area contributed by atoms with Crippen molar-refractivity contribution >= 4 is 5.78 Å². The van der Waals surface area contributed by atoms with Gasteiger partial charge in [-0.25, -0.2) is 0 Å². The van der Waals surface area contributed by atoms with E-state index in [0.29, 0.717) is 18.8 Å². The zero-order chi connectivity index (χ0) is 9.97. The van der Waals surface area contributed by atoms with Crippen molar-refractivity contribution in [2.45, 2.75) is 12.5 Å². The SMILES string of the molecule is O=C(CN1CC[C@H](O)C1)c1ccc[nH]1. The molecule has 76 valence electrons. The van der Waals surface area contributed by atoms with Crippen LogP contribution in [0, 0.1) is 0 Å². The van der Waals surface area contributed by atoms with Gasteiger partial charge in [-0.2, -0.15) is 0 Å². The minimum absolute atomic E-state index is 0.0871. The lowest BCUT2D eigenvalue weighted by atomic mass is 10.3. The highest BCUT2D eigenvalue weighted by molar-refractivity contribution is 5.95. The number of rotatable bonds is 3. The summed E-state index contributed by atoms with van der Waals surface area (Å²) < 4.78 is 0. The van der Waals surface area contributed by atoms with Crippen LogP contribution in [0.2, 0.25) is 0 Å². The molecule has 2 rings (SSSR count). The zero-order valence-corrected chi connectivity index (χ0v) is 7.94. The predicted octanol–water partition coefficient (Wildman–Crippen LogP) is 0.264. The van der Waals surface area contributed by atoms with Gasteiger partial charge in [0.1, 0.15) is 0 Å². The van der Waals surface area contributed by atoms with Crippen molar-refractivity contribution in [2.75, 3.05) is 19.6 Å². The van der Waals surface area contributed by atoms with E-state index >= 15 is 0 Å². The van der Waals surface area contributed by atoms with Gasteiger partial charge >= 0.3 is 0 Å². The number of nitrogens with one attached hydrogen (secondary N) is 1. The Labute approximate surface area is 82.5 Å². The molecule has 2 N–H and O–H groups in total. The van der Waals surface area contributed by atoms with Gasteiger partial charge in [-0.05, 0) is 18.6 Å². The summed E-state index contributed by atoms with van der Waals surface area (Å²) in [6, 6.07) is 3.58. The largest absolute Gasteiger partial charge is 0.392 e. The number of carbonyl (C=O) groups excluding carboxylic acids is 1. The fraction of sp³-hybridized carbons (Fsp3) is 0.500. The zero-order valence-electron chi connectivity index (χ0n) is 7.94. The summed E-state index contributed by atoms with van der Waals surface area (Å²) in [6.45, 7) is 1.83. The first kappa shape index (κ1) is 9.43. The number of aliphatic hydroxyl groups excluding tert-OH is 1. The molecule has 0 unspecified atom stereocenters. The number of aromatic amines is 1. The van der Waals surface area contributed by atoms with Crippen LogP contribution in [0.5, 0.6) is 0 Å². The van der Waals surface area contributed by atoms with Gasteiger partial charge in [0, 0.05) is 19.3 Å². The van der Waals surface area contributed by atoms with Crippen molar-refractivity contribution in [2.24, 2.45) is 0 Å². The molecule has 2 heterocycles. The van der Waals surface area contributed by atoms with Crippen molar-refractivity contribution in [3.63, 3.8) is 0 Å². The summed E-state index contributed by atoms with van der Waals surface area (Å²) in [7, 11) is 0. The molecule has 0 radical (unpaired) electrons. The second-order valence-electron chi connectivity index (χ2n) is 3.68. The Balaban J connectivity index is 1.89. The number of hydrogen-bond donors (Lipinski definition) is 2. The van der Waals surface area contributed by atoms with Gasteiger partial charge in [0.25, 0.3) is 0 Å². The summed E-state index contributed by atoms with van der Waals surface area (Å²) in [5, 5.41) is 9.28. The molecule has 0 spiro atoms. The van der Waals surface area contributed by atoms with E-state index in [2.05, 4.69) is 4.98 Å². The highest BCUT2D eigenvalue weighted by Crippen LogP contribution is 2.09. The molecule has 0 amide bonds. The van der Waals surface area contributed by atoms with Gasteiger partial charge in [0.05, 0.1) is 18.3 Å². The Kier molecular flexibility index (Phi) is 2.65. The third-order valence-corrected chi connectivity index (χ3v) is 2.51. The molecule has 1 aromatic rings. The van der Waals surface area contributed by atoms with Crippen LogP contribution in [-0.2, 0) is 0 Å². The Hall–Kier alpha value is -1.13. The molecule has 1 saturated heterocycles. The minimum Gasteiger partial charge on any atom is -0.392 e. The monoisotopic (exact) mass is 194 g/mol. The van der Waals surface area contributed by atoms with Crippen molar-refractivity contribution in [3.05, 3.63) is 24.0 Å². The van der Waals surface area contributed by atoms with Gasteiger partial charge in [0.2, 0.25) is 0 Å². The number of carbonyl (C=O) groups is 1. The third kappa shape index (κ3) is 2.02. The van der Waals surface area contributed by atoms with Gasteiger partial charge in [-0.3, -0.25) is 9.69 Å². The molecule has 4 heteroatoms. The highest BCUT2D eigenvalue weighted by atomic mass is 16.3. The molecule has 1 aromatic heterocycles. The standard InChI is InChI=1S/C10H14N2O2/c13-8-3-5-12(6-8)7-10(14)9-2-1-4-11-9/h1-2,4,8,11,13H,3,5-7H2/t8-/m0/s1. The quantitative estimate of drug-likeness (QED) is 0.679. The minimum atomic E-state index is -0.258. The number of Topliss-reactive ketones (excluding diaryl/α,β-unsaturated/α-hetero) is 1. The summed E-state index contributed by atoms with van der Waals surface area (Å²) >= 11 is 0. The second kappa shape index (κ2) is 3.94. The number of aliphatic hydroxyl groups is 1. The summed E-state index contributed by atoms with van der Waals surface area (Å²) in [5.41, 5.74) is 0.645. The van der Waals surface area contributed by atoms with E-state index in [4.69, 9.17) is 0 Å². The van der Waals surface area contributed by atoms with E-state index in [1.54, 1.807) is 12.3 Å². The molecular formula is C10H14N2O2. The van der Waals surface area contributed by atoms with Crippen LogP contribution in [0.3, 0.4) is 0 Å². The average Bonchev–Trinajstić information content (AvgIpc) is 2.75. The van der Waals surface area contributed by atoms with Crippen molar-refractivity contribution in [1.29, 1.82) is 0 Å². The fourth-order valence-electron chi connectivity index (χ4n) is 1.75. The van der Waals surface area contributed by atoms with Crippen LogP contribution >= 0.6 is 0 Å². The Bertz CT molecular complexity index is 308. The van der Waals surface area contributed by atoms with Gasteiger partial charge in [0.15, 0.2) is 5.78 Å². The average molecular weight is 194 g/mol. The van der Waals surface area contributed by atoms with Crippen LogP contribution in [0.15, 0.2) is 18.3 Å². The molecule has 0 aromatic carbocycles. The molecule has 0 bridgehead atoms.